The number of sulfonamides is 1. The Labute approximate surface area is 239 Å². The number of fused-ring (bicyclic) bond motifs is 4. The van der Waals surface area contributed by atoms with Crippen molar-refractivity contribution in [3.63, 3.8) is 0 Å². The van der Waals surface area contributed by atoms with Crippen LogP contribution in [0.2, 0.25) is 0 Å². The van der Waals surface area contributed by atoms with Crippen LogP contribution in [0.1, 0.15) is 33.4 Å². The topological polar surface area (TPSA) is 128 Å². The monoisotopic (exact) mass is 578 g/mol. The number of ketones is 1. The van der Waals surface area contributed by atoms with Crippen LogP contribution >= 0.6 is 0 Å². The third kappa shape index (κ3) is 4.29. The van der Waals surface area contributed by atoms with E-state index < -0.39 is 20.9 Å². The minimum absolute atomic E-state index is 0.0120. The molecule has 0 atom stereocenters. The normalized spacial score (nSPS) is 11.7. The minimum atomic E-state index is -4.57. The van der Waals surface area contributed by atoms with E-state index in [9.17, 15) is 28.1 Å². The molecule has 10 heteroatoms. The predicted octanol–water partition coefficient (Wildman–Crippen LogP) is 7.19. The van der Waals surface area contributed by atoms with Crippen LogP contribution in [0.3, 0.4) is 0 Å². The van der Waals surface area contributed by atoms with Crippen molar-refractivity contribution in [3.8, 4) is 0 Å². The van der Waals surface area contributed by atoms with Crippen LogP contribution in [0.4, 0.5) is 11.4 Å². The zero-order valence-electron chi connectivity index (χ0n) is 22.4. The number of nitro benzene ring substituents is 1. The lowest BCUT2D eigenvalue weighted by Gasteiger charge is -2.25. The Balaban J connectivity index is 1.67. The summed E-state index contributed by atoms with van der Waals surface area (Å²) in [5.41, 5.74) is 0.357. The molecule has 5 aromatic carbocycles. The van der Waals surface area contributed by atoms with Gasteiger partial charge in [0, 0.05) is 33.9 Å². The maximum Gasteiger partial charge on any atom is 0.272 e. The largest absolute Gasteiger partial charge is 0.460 e. The number of benzene rings is 5. The fourth-order valence-electron chi connectivity index (χ4n) is 5.25. The van der Waals surface area contributed by atoms with Gasteiger partial charge in [-0.2, -0.15) is 4.31 Å². The maximum absolute atomic E-state index is 14.5. The van der Waals surface area contributed by atoms with E-state index in [-0.39, 0.29) is 33.2 Å². The molecule has 0 aliphatic heterocycles. The summed E-state index contributed by atoms with van der Waals surface area (Å²) < 4.78 is 35.6. The average Bonchev–Trinajstić information content (AvgIpc) is 3.33. The molecule has 0 aliphatic rings. The van der Waals surface area contributed by atoms with Crippen LogP contribution < -0.4 is 4.31 Å². The number of Topliss-reactive ketones (excluding diaryl/α,β-unsaturated/α-hetero) is 1. The smallest absolute Gasteiger partial charge is 0.272 e. The van der Waals surface area contributed by atoms with Crippen molar-refractivity contribution in [2.75, 3.05) is 4.31 Å². The molecule has 1 aromatic heterocycles. The Morgan fingerprint density at radius 1 is 0.810 bits per heavy atom. The van der Waals surface area contributed by atoms with Gasteiger partial charge in [-0.25, -0.2) is 8.42 Å². The van der Waals surface area contributed by atoms with Gasteiger partial charge in [0.15, 0.2) is 5.78 Å². The molecule has 0 aliphatic carbocycles. The summed E-state index contributed by atoms with van der Waals surface area (Å²) in [5, 5.41) is 14.0. The number of nitro groups is 1. The molecule has 0 saturated heterocycles. The predicted molar refractivity (Wildman–Crippen MR) is 160 cm³/mol. The first-order valence-electron chi connectivity index (χ1n) is 12.9. The van der Waals surface area contributed by atoms with E-state index in [2.05, 4.69) is 0 Å². The van der Waals surface area contributed by atoms with Gasteiger partial charge in [-0.05, 0) is 55.0 Å². The van der Waals surface area contributed by atoms with Gasteiger partial charge in [-0.3, -0.25) is 19.7 Å². The highest BCUT2D eigenvalue weighted by Crippen LogP contribution is 2.41. The van der Waals surface area contributed by atoms with Crippen molar-refractivity contribution in [3.05, 3.63) is 124 Å². The molecule has 42 heavy (non-hydrogen) atoms. The molecule has 208 valence electrons. The number of carbonyl (C=O) groups excluding carboxylic acids is 2. The Hall–Kier alpha value is -5.35. The molecule has 6 rings (SSSR count). The van der Waals surface area contributed by atoms with Crippen LogP contribution in [0, 0.1) is 17.0 Å². The van der Waals surface area contributed by atoms with E-state index in [0.717, 1.165) is 17.5 Å². The molecule has 0 radical (unpaired) electrons. The van der Waals surface area contributed by atoms with Gasteiger partial charge in [-0.15, -0.1) is 0 Å². The highest BCUT2D eigenvalue weighted by atomic mass is 32.2. The average molecular weight is 579 g/mol. The van der Waals surface area contributed by atoms with Crippen LogP contribution in [-0.2, 0) is 10.0 Å². The molecule has 9 nitrogen and oxygen atoms in total. The van der Waals surface area contributed by atoms with Crippen molar-refractivity contribution < 1.29 is 27.3 Å². The number of hydrogen-bond acceptors (Lipinski definition) is 7. The van der Waals surface area contributed by atoms with Crippen molar-refractivity contribution in [2.24, 2.45) is 0 Å². The Bertz CT molecular complexity index is 2200. The SMILES string of the molecule is CC(=O)c1c(C)oc2c1cc(N(C(=O)c1ccc([N+](=O)[O-])cc1)S(=O)(=O)c1ccc3ccccc3c1)c1ccccc12. The summed E-state index contributed by atoms with van der Waals surface area (Å²) in [6.45, 7) is 3.04. The quantitative estimate of drug-likeness (QED) is 0.116. The molecule has 0 saturated carbocycles. The molecule has 0 fully saturated rings. The van der Waals surface area contributed by atoms with E-state index in [4.69, 9.17) is 4.42 Å². The highest BCUT2D eigenvalue weighted by molar-refractivity contribution is 7.93. The van der Waals surface area contributed by atoms with Crippen LogP contribution in [0.5, 0.6) is 0 Å². The number of amides is 1. The molecule has 6 aromatic rings. The number of nitrogens with zero attached hydrogens (tertiary/aromatic N) is 2. The lowest BCUT2D eigenvalue weighted by atomic mass is 10.0. The van der Waals surface area contributed by atoms with E-state index >= 15 is 0 Å². The number of hydrogen-bond donors (Lipinski definition) is 0. The first-order chi connectivity index (χ1) is 20.1. The van der Waals surface area contributed by atoms with Gasteiger partial charge >= 0.3 is 0 Å². The van der Waals surface area contributed by atoms with Crippen molar-refractivity contribution in [1.82, 2.24) is 0 Å². The molecule has 0 bridgehead atoms. The van der Waals surface area contributed by atoms with Gasteiger partial charge in [0.25, 0.3) is 21.6 Å². The lowest BCUT2D eigenvalue weighted by molar-refractivity contribution is -0.384. The number of furan rings is 1. The van der Waals surface area contributed by atoms with E-state index in [1.807, 2.05) is 12.1 Å². The van der Waals surface area contributed by atoms with Crippen molar-refractivity contribution in [1.29, 1.82) is 0 Å². The van der Waals surface area contributed by atoms with Gasteiger partial charge in [0.1, 0.15) is 11.3 Å². The summed E-state index contributed by atoms with van der Waals surface area (Å²) >= 11 is 0. The maximum atomic E-state index is 14.5. The second-order valence-electron chi connectivity index (χ2n) is 9.79. The molecule has 1 amide bonds. The second-order valence-corrected chi connectivity index (χ2v) is 11.6. The lowest BCUT2D eigenvalue weighted by Crippen LogP contribution is -2.37. The Morgan fingerprint density at radius 2 is 1.45 bits per heavy atom. The summed E-state index contributed by atoms with van der Waals surface area (Å²) in [7, 11) is -4.57. The Morgan fingerprint density at radius 3 is 2.12 bits per heavy atom. The zero-order chi connectivity index (χ0) is 29.8. The van der Waals surface area contributed by atoms with E-state index in [1.54, 1.807) is 49.4 Å². The van der Waals surface area contributed by atoms with Gasteiger partial charge in [-0.1, -0.05) is 54.6 Å². The first-order valence-corrected chi connectivity index (χ1v) is 14.3. The fraction of sp³-hybridized carbons (Fsp3) is 0.0625. The first kappa shape index (κ1) is 26.9. The number of aryl methyl sites for hydroxylation is 1. The highest BCUT2D eigenvalue weighted by Gasteiger charge is 2.35. The summed E-state index contributed by atoms with van der Waals surface area (Å²) in [6.07, 6.45) is 0. The standard InChI is InChI=1S/C32H22N2O7S/c1-19(35)30-20(2)41-31-27-10-6-5-9-26(27)29(18-28(30)31)33(32(36)22-11-14-24(15-12-22)34(37)38)42(39,40)25-16-13-21-7-3-4-8-23(21)17-25/h3-18H,1-2H3. The number of anilines is 1. The van der Waals surface area contributed by atoms with E-state index in [1.165, 1.54) is 37.3 Å². The molecule has 0 N–H and O–H groups in total. The molecule has 1 heterocycles. The minimum Gasteiger partial charge on any atom is -0.460 e. The summed E-state index contributed by atoms with van der Waals surface area (Å²) in [4.78, 5) is 37.3. The third-order valence-electron chi connectivity index (χ3n) is 7.19. The second kappa shape index (κ2) is 9.93. The third-order valence-corrected chi connectivity index (χ3v) is 8.88. The number of carbonyl (C=O) groups is 2. The number of rotatable bonds is 6. The molecular formula is C32H22N2O7S. The molecular weight excluding hydrogens is 556 g/mol. The van der Waals surface area contributed by atoms with Crippen LogP contribution in [0.25, 0.3) is 32.5 Å². The van der Waals surface area contributed by atoms with Crippen LogP contribution in [0.15, 0.2) is 106 Å². The van der Waals surface area contributed by atoms with Crippen molar-refractivity contribution >= 4 is 65.6 Å². The number of non-ortho nitro benzene ring substituents is 1. The summed E-state index contributed by atoms with van der Waals surface area (Å²) in [5.74, 6) is -0.837. The molecule has 0 unspecified atom stereocenters. The summed E-state index contributed by atoms with van der Waals surface area (Å²) in [6, 6.07) is 24.8. The van der Waals surface area contributed by atoms with Crippen LogP contribution in [-0.4, -0.2) is 25.0 Å². The van der Waals surface area contributed by atoms with Gasteiger partial charge < -0.3 is 4.42 Å². The zero-order valence-corrected chi connectivity index (χ0v) is 23.2. The fourth-order valence-corrected chi connectivity index (χ4v) is 6.71. The van der Waals surface area contributed by atoms with Gasteiger partial charge in [0.2, 0.25) is 0 Å². The van der Waals surface area contributed by atoms with Gasteiger partial charge in [0.05, 0.1) is 21.1 Å². The Kier molecular flexibility index (Phi) is 6.35. The van der Waals surface area contributed by atoms with E-state index in [0.29, 0.717) is 37.2 Å². The molecule has 0 spiro atoms. The van der Waals surface area contributed by atoms with Crippen molar-refractivity contribution in [2.45, 2.75) is 18.7 Å².